The van der Waals surface area contributed by atoms with Gasteiger partial charge < -0.3 is 9.47 Å². The highest BCUT2D eigenvalue weighted by molar-refractivity contribution is 5.89. The van der Waals surface area contributed by atoms with Crippen LogP contribution >= 0.6 is 0 Å². The van der Waals surface area contributed by atoms with Gasteiger partial charge in [-0.3, -0.25) is 0 Å². The van der Waals surface area contributed by atoms with Crippen molar-refractivity contribution in [1.82, 2.24) is 19.5 Å². The van der Waals surface area contributed by atoms with Gasteiger partial charge in [0.1, 0.15) is 0 Å². The van der Waals surface area contributed by atoms with E-state index in [0.717, 1.165) is 53.8 Å². The first-order valence-electron chi connectivity index (χ1n) is 18.0. The van der Waals surface area contributed by atoms with Gasteiger partial charge in [0, 0.05) is 50.8 Å². The Morgan fingerprint density at radius 3 is 2.30 bits per heavy atom. The van der Waals surface area contributed by atoms with Crippen LogP contribution in [0.5, 0.6) is 0 Å². The molecular formula is C45H37N5. The van der Waals surface area contributed by atoms with Crippen LogP contribution in [-0.4, -0.2) is 25.6 Å². The number of anilines is 2. The molecule has 0 amide bonds. The molecule has 3 aliphatic carbocycles. The van der Waals surface area contributed by atoms with Crippen molar-refractivity contribution in [1.29, 1.82) is 0 Å². The molecule has 5 nitrogen and oxygen atoms in total. The van der Waals surface area contributed by atoms with E-state index in [4.69, 9.17) is 15.0 Å². The molecule has 2 aromatic heterocycles. The van der Waals surface area contributed by atoms with Crippen molar-refractivity contribution in [3.05, 3.63) is 162 Å². The van der Waals surface area contributed by atoms with Gasteiger partial charge in [0.25, 0.3) is 0 Å². The van der Waals surface area contributed by atoms with Gasteiger partial charge in [-0.1, -0.05) is 109 Å². The summed E-state index contributed by atoms with van der Waals surface area (Å²) >= 11 is 0. The fraction of sp³-hybridized carbons (Fsp3) is 0.178. The number of allylic oxidation sites excluding steroid dienone is 6. The second-order valence-electron chi connectivity index (χ2n) is 13.7. The highest BCUT2D eigenvalue weighted by Gasteiger charge is 2.37. The maximum absolute atomic E-state index is 5.22. The maximum atomic E-state index is 5.22. The molecule has 242 valence electrons. The summed E-state index contributed by atoms with van der Waals surface area (Å²) in [7, 11) is 0. The number of aromatic nitrogens is 4. The lowest BCUT2D eigenvalue weighted by Crippen LogP contribution is -2.28. The van der Waals surface area contributed by atoms with Gasteiger partial charge in [-0.2, -0.15) is 0 Å². The topological polar surface area (TPSA) is 46.8 Å². The van der Waals surface area contributed by atoms with Crippen LogP contribution in [0.1, 0.15) is 54.2 Å². The van der Waals surface area contributed by atoms with E-state index in [1.165, 1.54) is 46.3 Å². The zero-order valence-electron chi connectivity index (χ0n) is 27.9. The standard InChI is InChI=1S/C45H37N5/c1-3-15-30(16-4-1)43-46-44(31-17-5-2-6-18-31)48-45(47-43)32-27-33(49-39-23-11-7-19-35(39)36-20-8-12-24-40(36)49)29-34(28-32)50-41-25-13-9-21-37(41)38-22-10-14-26-42(38)50/h1,3-5,7-9,11-13,15-21,23-25,27-29,35,39H,2,6,10,14,22,26H2. The van der Waals surface area contributed by atoms with Crippen LogP contribution in [-0.2, 0) is 12.8 Å². The number of aryl methyl sites for hydroxylation is 1. The second-order valence-corrected chi connectivity index (χ2v) is 13.7. The fourth-order valence-electron chi connectivity index (χ4n) is 8.50. The van der Waals surface area contributed by atoms with Crippen LogP contribution in [0.3, 0.4) is 0 Å². The quantitative estimate of drug-likeness (QED) is 0.187. The minimum absolute atomic E-state index is 0.183. The molecule has 0 radical (unpaired) electrons. The van der Waals surface area contributed by atoms with Gasteiger partial charge in [-0.05, 0) is 80.0 Å². The average molecular weight is 648 g/mol. The minimum atomic E-state index is 0.183. The molecule has 2 unspecified atom stereocenters. The summed E-state index contributed by atoms with van der Waals surface area (Å²) in [5, 5.41) is 1.37. The van der Waals surface area contributed by atoms with Crippen molar-refractivity contribution in [3.63, 3.8) is 0 Å². The lowest BCUT2D eigenvalue weighted by molar-refractivity contribution is 0.667. The summed E-state index contributed by atoms with van der Waals surface area (Å²) in [6.45, 7) is 0. The van der Waals surface area contributed by atoms with Gasteiger partial charge in [-0.25, -0.2) is 15.0 Å². The first-order chi connectivity index (χ1) is 24.8. The van der Waals surface area contributed by atoms with Crippen molar-refractivity contribution in [2.24, 2.45) is 0 Å². The van der Waals surface area contributed by atoms with E-state index in [0.29, 0.717) is 23.4 Å². The van der Waals surface area contributed by atoms with Gasteiger partial charge in [-0.15, -0.1) is 0 Å². The summed E-state index contributed by atoms with van der Waals surface area (Å²) in [6, 6.07) is 35.3. The Bertz CT molecular complexity index is 2410. The van der Waals surface area contributed by atoms with Crippen LogP contribution in [0.4, 0.5) is 11.4 Å². The Hall–Kier alpha value is -5.81. The Balaban J connectivity index is 1.24. The summed E-state index contributed by atoms with van der Waals surface area (Å²) in [5.41, 5.74) is 12.1. The molecule has 4 aliphatic rings. The lowest BCUT2D eigenvalue weighted by Gasteiger charge is -2.30. The maximum Gasteiger partial charge on any atom is 0.164 e. The van der Waals surface area contributed by atoms with Crippen LogP contribution in [0, 0.1) is 0 Å². The molecule has 5 heteroatoms. The molecule has 0 bridgehead atoms. The Labute approximate surface area is 292 Å². The van der Waals surface area contributed by atoms with Crippen LogP contribution in [0.15, 0.2) is 140 Å². The molecule has 0 fully saturated rings. The molecule has 0 saturated heterocycles. The minimum Gasteiger partial charge on any atom is -0.333 e. The molecule has 0 spiro atoms. The smallest absolute Gasteiger partial charge is 0.164 e. The van der Waals surface area contributed by atoms with Crippen molar-refractivity contribution in [2.75, 3.05) is 4.90 Å². The number of fused-ring (bicyclic) bond motifs is 6. The molecule has 2 atom stereocenters. The molecule has 3 heterocycles. The summed E-state index contributed by atoms with van der Waals surface area (Å²) in [4.78, 5) is 18.0. The lowest BCUT2D eigenvalue weighted by atomic mass is 9.91. The normalized spacial score (nSPS) is 19.0. The van der Waals surface area contributed by atoms with Crippen LogP contribution in [0.2, 0.25) is 0 Å². The average Bonchev–Trinajstić information content (AvgIpc) is 3.71. The van der Waals surface area contributed by atoms with Gasteiger partial charge in [0.15, 0.2) is 17.5 Å². The fourth-order valence-corrected chi connectivity index (χ4v) is 8.50. The van der Waals surface area contributed by atoms with Gasteiger partial charge >= 0.3 is 0 Å². The largest absolute Gasteiger partial charge is 0.333 e. The molecule has 0 saturated carbocycles. The number of nitrogens with zero attached hydrogens (tertiary/aromatic N) is 5. The van der Waals surface area contributed by atoms with E-state index >= 15 is 0 Å². The highest BCUT2D eigenvalue weighted by Crippen LogP contribution is 2.49. The molecule has 10 rings (SSSR count). The zero-order chi connectivity index (χ0) is 33.0. The zero-order valence-corrected chi connectivity index (χ0v) is 27.9. The first-order valence-corrected chi connectivity index (χ1v) is 18.0. The Morgan fingerprint density at radius 1 is 0.640 bits per heavy atom. The second kappa shape index (κ2) is 12.0. The molecule has 0 N–H and O–H groups in total. The number of rotatable bonds is 5. The van der Waals surface area contributed by atoms with E-state index in [-0.39, 0.29) is 6.04 Å². The summed E-state index contributed by atoms with van der Waals surface area (Å²) in [6.07, 6.45) is 22.3. The van der Waals surface area contributed by atoms with Gasteiger partial charge in [0.2, 0.25) is 0 Å². The van der Waals surface area contributed by atoms with Crippen molar-refractivity contribution >= 4 is 27.9 Å². The van der Waals surface area contributed by atoms with Crippen LogP contribution < -0.4 is 4.90 Å². The SMILES string of the molecule is C1=CC2c3ccccc3N(c3cc(-c4nc(C5=CCCC=C5)nc(-c5ccccc5)n4)cc(-n4c5c(c6ccccc64)CCCC5)c3)C2C=C1. The number of hydrogen-bond donors (Lipinski definition) is 0. The number of hydrogen-bond acceptors (Lipinski definition) is 4. The van der Waals surface area contributed by atoms with Crippen molar-refractivity contribution in [2.45, 2.75) is 50.5 Å². The predicted molar refractivity (Wildman–Crippen MR) is 204 cm³/mol. The molecule has 1 aliphatic heterocycles. The van der Waals surface area contributed by atoms with Gasteiger partial charge in [0.05, 0.1) is 11.6 Å². The number of benzene rings is 4. The molecule has 6 aromatic rings. The van der Waals surface area contributed by atoms with E-state index in [2.05, 4.69) is 131 Å². The van der Waals surface area contributed by atoms with E-state index in [1.807, 2.05) is 18.2 Å². The monoisotopic (exact) mass is 647 g/mol. The predicted octanol–water partition coefficient (Wildman–Crippen LogP) is 10.5. The summed E-state index contributed by atoms with van der Waals surface area (Å²) in [5.74, 6) is 2.38. The Morgan fingerprint density at radius 2 is 1.40 bits per heavy atom. The van der Waals surface area contributed by atoms with Crippen molar-refractivity contribution in [3.8, 4) is 28.5 Å². The molecular weight excluding hydrogens is 611 g/mol. The third-order valence-electron chi connectivity index (χ3n) is 10.8. The summed E-state index contributed by atoms with van der Waals surface area (Å²) < 4.78 is 2.53. The number of para-hydroxylation sites is 2. The van der Waals surface area contributed by atoms with E-state index < -0.39 is 0 Å². The Kier molecular flexibility index (Phi) is 6.97. The molecule has 50 heavy (non-hydrogen) atoms. The van der Waals surface area contributed by atoms with E-state index in [9.17, 15) is 0 Å². The van der Waals surface area contributed by atoms with E-state index in [1.54, 1.807) is 0 Å². The molecule has 4 aromatic carbocycles. The third kappa shape index (κ3) is 4.79. The van der Waals surface area contributed by atoms with Crippen molar-refractivity contribution < 1.29 is 0 Å². The highest BCUT2D eigenvalue weighted by atomic mass is 15.2. The third-order valence-corrected chi connectivity index (χ3v) is 10.8. The first kappa shape index (κ1) is 29.1. The van der Waals surface area contributed by atoms with Crippen LogP contribution in [0.25, 0.3) is 44.9 Å².